The predicted molar refractivity (Wildman–Crippen MR) is 121 cm³/mol. The van der Waals surface area contributed by atoms with Crippen LogP contribution in [0.15, 0.2) is 35.5 Å². The van der Waals surface area contributed by atoms with Gasteiger partial charge in [-0.25, -0.2) is 9.97 Å². The van der Waals surface area contributed by atoms with E-state index in [0.29, 0.717) is 11.6 Å². The molecule has 1 aromatic carbocycles. The van der Waals surface area contributed by atoms with Gasteiger partial charge in [0.1, 0.15) is 5.82 Å². The second kappa shape index (κ2) is 10.1. The number of nitrogens with zero attached hydrogens (tertiary/aromatic N) is 3. The van der Waals surface area contributed by atoms with E-state index in [1.165, 1.54) is 19.3 Å². The maximum atomic E-state index is 12.3. The molecule has 1 aliphatic heterocycles. The van der Waals surface area contributed by atoms with Gasteiger partial charge in [0.2, 0.25) is 0 Å². The van der Waals surface area contributed by atoms with Crippen molar-refractivity contribution in [3.8, 4) is 0 Å². The van der Waals surface area contributed by atoms with E-state index in [4.69, 9.17) is 9.97 Å². The summed E-state index contributed by atoms with van der Waals surface area (Å²) in [6, 6.07) is 10.6. The van der Waals surface area contributed by atoms with E-state index in [1.807, 2.05) is 32.0 Å². The van der Waals surface area contributed by atoms with Crippen molar-refractivity contribution in [3.63, 3.8) is 0 Å². The second-order valence-electron chi connectivity index (χ2n) is 8.01. The van der Waals surface area contributed by atoms with Crippen LogP contribution in [-0.2, 0) is 12.2 Å². The molecule has 0 saturated carbocycles. The van der Waals surface area contributed by atoms with E-state index in [-0.39, 0.29) is 11.9 Å². The summed E-state index contributed by atoms with van der Waals surface area (Å²) in [7, 11) is 0. The fourth-order valence-corrected chi connectivity index (χ4v) is 4.40. The van der Waals surface area contributed by atoms with Crippen molar-refractivity contribution in [2.75, 3.05) is 11.4 Å². The molecule has 1 amide bonds. The number of nitrogens with one attached hydrogen (secondary N) is 1. The highest BCUT2D eigenvalue weighted by Crippen LogP contribution is 2.27. The highest BCUT2D eigenvalue weighted by atomic mass is 32.2. The summed E-state index contributed by atoms with van der Waals surface area (Å²) in [6.45, 7) is 9.43. The Morgan fingerprint density at radius 2 is 2.10 bits per heavy atom. The van der Waals surface area contributed by atoms with E-state index >= 15 is 0 Å². The molecule has 0 radical (unpaired) electrons. The van der Waals surface area contributed by atoms with Crippen LogP contribution in [-0.4, -0.2) is 34.5 Å². The molecule has 1 saturated heterocycles. The van der Waals surface area contributed by atoms with Crippen LogP contribution in [0.4, 0.5) is 5.82 Å². The third kappa shape index (κ3) is 5.95. The molecule has 0 bridgehead atoms. The Bertz CT molecular complexity index is 839. The molecule has 29 heavy (non-hydrogen) atoms. The van der Waals surface area contributed by atoms with Gasteiger partial charge < -0.3 is 10.2 Å². The number of carbonyl (C=O) groups excluding carboxylic acids is 1. The highest BCUT2D eigenvalue weighted by Gasteiger charge is 2.21. The fraction of sp³-hybridized carbons (Fsp3) is 0.522. The van der Waals surface area contributed by atoms with Gasteiger partial charge in [-0.3, -0.25) is 4.79 Å². The normalized spacial score (nSPS) is 16.9. The van der Waals surface area contributed by atoms with Crippen molar-refractivity contribution in [1.82, 2.24) is 15.3 Å². The molecule has 1 N–H and O–H groups in total. The Labute approximate surface area is 178 Å². The number of carbonyl (C=O) groups is 1. The maximum Gasteiger partial charge on any atom is 0.251 e. The molecular weight excluding hydrogens is 380 g/mol. The Kier molecular flexibility index (Phi) is 7.53. The lowest BCUT2D eigenvalue weighted by molar-refractivity contribution is 0.0943. The van der Waals surface area contributed by atoms with Crippen molar-refractivity contribution in [2.24, 2.45) is 0 Å². The van der Waals surface area contributed by atoms with Gasteiger partial charge in [-0.05, 0) is 64.2 Å². The molecule has 6 heteroatoms. The van der Waals surface area contributed by atoms with Gasteiger partial charge in [-0.1, -0.05) is 30.8 Å². The number of rotatable bonds is 7. The minimum Gasteiger partial charge on any atom is -0.354 e. The molecule has 0 unspecified atom stereocenters. The highest BCUT2D eigenvalue weighted by molar-refractivity contribution is 7.98. The quantitative estimate of drug-likeness (QED) is 0.520. The number of hydrogen-bond donors (Lipinski definition) is 1. The zero-order valence-corrected chi connectivity index (χ0v) is 18.8. The molecule has 3 rings (SSSR count). The minimum atomic E-state index is -0.0301. The van der Waals surface area contributed by atoms with E-state index in [2.05, 4.69) is 36.2 Å². The number of anilines is 1. The average Bonchev–Trinajstić information content (AvgIpc) is 2.72. The van der Waals surface area contributed by atoms with E-state index < -0.39 is 0 Å². The van der Waals surface area contributed by atoms with Crippen molar-refractivity contribution in [3.05, 3.63) is 47.2 Å². The Morgan fingerprint density at radius 1 is 1.28 bits per heavy atom. The van der Waals surface area contributed by atoms with Gasteiger partial charge in [-0.15, -0.1) is 0 Å². The average molecular weight is 413 g/mol. The van der Waals surface area contributed by atoms with Crippen LogP contribution in [0.25, 0.3) is 0 Å². The number of aromatic nitrogens is 2. The van der Waals surface area contributed by atoms with Gasteiger partial charge in [0.05, 0.1) is 0 Å². The molecule has 0 spiro atoms. The van der Waals surface area contributed by atoms with Crippen LogP contribution < -0.4 is 10.2 Å². The summed E-state index contributed by atoms with van der Waals surface area (Å²) in [5, 5.41) is 3.76. The summed E-state index contributed by atoms with van der Waals surface area (Å²) in [5.41, 5.74) is 2.88. The standard InChI is InChI=1S/C23H32N4OS/c1-5-20-14-21(27-12-7-6-9-17(27)4)26-23(25-20)29-15-18-10-8-11-19(13-18)22(28)24-16(2)3/h8,10-11,13-14,16-17H,5-7,9,12,15H2,1-4H3,(H,24,28)/t17-/m0/s1. The molecule has 1 aliphatic rings. The minimum absolute atomic E-state index is 0.0301. The summed E-state index contributed by atoms with van der Waals surface area (Å²) < 4.78 is 0. The molecule has 5 nitrogen and oxygen atoms in total. The maximum absolute atomic E-state index is 12.3. The fourth-order valence-electron chi connectivity index (χ4n) is 3.59. The lowest BCUT2D eigenvalue weighted by Gasteiger charge is -2.34. The molecule has 1 fully saturated rings. The first-order valence-electron chi connectivity index (χ1n) is 10.6. The topological polar surface area (TPSA) is 58.1 Å². The Balaban J connectivity index is 1.73. The summed E-state index contributed by atoms with van der Waals surface area (Å²) in [6.07, 6.45) is 4.64. The zero-order valence-electron chi connectivity index (χ0n) is 17.9. The van der Waals surface area contributed by atoms with E-state index in [1.54, 1.807) is 11.8 Å². The monoisotopic (exact) mass is 412 g/mol. The molecule has 2 heterocycles. The number of aryl methyl sites for hydroxylation is 1. The largest absolute Gasteiger partial charge is 0.354 e. The first kappa shape index (κ1) is 21.6. The first-order chi connectivity index (χ1) is 14.0. The Hall–Kier alpha value is -2.08. The summed E-state index contributed by atoms with van der Waals surface area (Å²) in [5.74, 6) is 1.76. The van der Waals surface area contributed by atoms with Gasteiger partial charge in [0, 0.05) is 41.7 Å². The van der Waals surface area contributed by atoms with Crippen molar-refractivity contribution >= 4 is 23.5 Å². The van der Waals surface area contributed by atoms with Crippen molar-refractivity contribution < 1.29 is 4.79 Å². The van der Waals surface area contributed by atoms with Gasteiger partial charge in [-0.2, -0.15) is 0 Å². The molecular formula is C23H32N4OS. The number of hydrogen-bond acceptors (Lipinski definition) is 5. The summed E-state index contributed by atoms with van der Waals surface area (Å²) >= 11 is 1.64. The molecule has 0 aliphatic carbocycles. The van der Waals surface area contributed by atoms with Crippen LogP contribution in [0.1, 0.15) is 68.6 Å². The van der Waals surface area contributed by atoms with Gasteiger partial charge in [0.15, 0.2) is 5.16 Å². The third-order valence-corrected chi connectivity index (χ3v) is 6.10. The van der Waals surface area contributed by atoms with Crippen LogP contribution in [0.5, 0.6) is 0 Å². The number of piperidine rings is 1. The summed E-state index contributed by atoms with van der Waals surface area (Å²) in [4.78, 5) is 24.3. The van der Waals surface area contributed by atoms with Crippen LogP contribution >= 0.6 is 11.8 Å². The SMILES string of the molecule is CCc1cc(N2CCCC[C@@H]2C)nc(SCc2cccc(C(=O)NC(C)C)c2)n1. The number of thioether (sulfide) groups is 1. The van der Waals surface area contributed by atoms with E-state index in [9.17, 15) is 4.79 Å². The van der Waals surface area contributed by atoms with Crippen LogP contribution in [0.3, 0.4) is 0 Å². The predicted octanol–water partition coefficient (Wildman–Crippen LogP) is 4.85. The first-order valence-corrected chi connectivity index (χ1v) is 11.6. The lowest BCUT2D eigenvalue weighted by Crippen LogP contribution is -2.38. The molecule has 2 aromatic rings. The van der Waals surface area contributed by atoms with Gasteiger partial charge >= 0.3 is 0 Å². The van der Waals surface area contributed by atoms with Crippen molar-refractivity contribution in [2.45, 2.75) is 76.4 Å². The van der Waals surface area contributed by atoms with Crippen molar-refractivity contribution in [1.29, 1.82) is 0 Å². The van der Waals surface area contributed by atoms with E-state index in [0.717, 1.165) is 41.0 Å². The molecule has 1 aromatic heterocycles. The lowest BCUT2D eigenvalue weighted by atomic mass is 10.0. The van der Waals surface area contributed by atoms with Crippen LogP contribution in [0, 0.1) is 0 Å². The number of benzene rings is 1. The number of amides is 1. The molecule has 156 valence electrons. The molecule has 1 atom stereocenters. The zero-order chi connectivity index (χ0) is 20.8. The third-order valence-electron chi connectivity index (χ3n) is 5.18. The second-order valence-corrected chi connectivity index (χ2v) is 8.95. The Morgan fingerprint density at radius 3 is 2.83 bits per heavy atom. The van der Waals surface area contributed by atoms with Gasteiger partial charge in [0.25, 0.3) is 5.91 Å². The van der Waals surface area contributed by atoms with Crippen LogP contribution in [0.2, 0.25) is 0 Å². The smallest absolute Gasteiger partial charge is 0.251 e.